The number of carboxylic acids is 1. The smallest absolute Gasteiger partial charge is 0.478 e. The highest BCUT2D eigenvalue weighted by Gasteiger charge is 2.32. The third-order valence-corrected chi connectivity index (χ3v) is 1.87. The van der Waals surface area contributed by atoms with E-state index in [1.807, 2.05) is 0 Å². The van der Waals surface area contributed by atoms with Gasteiger partial charge in [-0.1, -0.05) is 18.2 Å². The number of carboxylic acid groups (broad SMARTS) is 1. The molecule has 0 fully saturated rings. The van der Waals surface area contributed by atoms with Crippen LogP contribution in [0.4, 0.5) is 13.2 Å². The summed E-state index contributed by atoms with van der Waals surface area (Å²) in [5, 5.41) is 8.42. The van der Waals surface area contributed by atoms with E-state index in [0.717, 1.165) is 12.2 Å². The van der Waals surface area contributed by atoms with Crippen molar-refractivity contribution in [3.8, 4) is 5.75 Å². The highest BCUT2D eigenvalue weighted by atomic mass is 19.4. The van der Waals surface area contributed by atoms with Gasteiger partial charge in [0.1, 0.15) is 5.75 Å². The summed E-state index contributed by atoms with van der Waals surface area (Å²) >= 11 is 0. The lowest BCUT2D eigenvalue weighted by atomic mass is 10.1. The van der Waals surface area contributed by atoms with Gasteiger partial charge < -0.3 is 9.84 Å². The van der Waals surface area contributed by atoms with Crippen LogP contribution in [0.1, 0.15) is 11.1 Å². The first-order chi connectivity index (χ1) is 7.79. The van der Waals surface area contributed by atoms with Gasteiger partial charge in [0.15, 0.2) is 0 Å². The molecule has 0 atom stereocenters. The number of hydrogen-bond acceptors (Lipinski definition) is 2. The third-order valence-electron chi connectivity index (χ3n) is 1.87. The normalized spacial score (nSPS) is 11.8. The molecule has 6 heteroatoms. The Morgan fingerprint density at radius 2 is 2.06 bits per heavy atom. The Labute approximate surface area is 95.1 Å². The summed E-state index contributed by atoms with van der Waals surface area (Å²) in [6, 6.07) is 4.30. The molecule has 1 N–H and O–H groups in total. The van der Waals surface area contributed by atoms with Gasteiger partial charge in [-0.15, -0.1) is 13.2 Å². The van der Waals surface area contributed by atoms with Crippen molar-refractivity contribution < 1.29 is 27.8 Å². The van der Waals surface area contributed by atoms with Gasteiger partial charge in [-0.3, -0.25) is 0 Å². The summed E-state index contributed by atoms with van der Waals surface area (Å²) < 4.78 is 40.3. The summed E-state index contributed by atoms with van der Waals surface area (Å²) in [7, 11) is 0. The zero-order valence-electron chi connectivity index (χ0n) is 8.78. The Bertz CT molecular complexity index is 450. The molecular weight excluding hydrogens is 237 g/mol. The lowest BCUT2D eigenvalue weighted by molar-refractivity contribution is -0.274. The first-order valence-electron chi connectivity index (χ1n) is 4.56. The van der Waals surface area contributed by atoms with Gasteiger partial charge in [0, 0.05) is 11.6 Å². The standard InChI is InChI=1S/C11H9F3O3/c1-7-3-2-4-8(5-6-9(15)16)10(7)17-11(12,13)14/h2-6H,1H3,(H,15,16). The number of alkyl halides is 3. The van der Waals surface area contributed by atoms with Gasteiger partial charge in [0.2, 0.25) is 0 Å². The van der Waals surface area contributed by atoms with E-state index >= 15 is 0 Å². The minimum Gasteiger partial charge on any atom is -0.478 e. The SMILES string of the molecule is Cc1cccc(C=CC(=O)O)c1OC(F)(F)F. The molecule has 0 aliphatic heterocycles. The van der Waals surface area contributed by atoms with Gasteiger partial charge in [-0.2, -0.15) is 0 Å². The fraction of sp³-hybridized carbons (Fsp3) is 0.182. The maximum atomic E-state index is 12.1. The average molecular weight is 246 g/mol. The molecule has 1 aromatic rings. The van der Waals surface area contributed by atoms with Crippen LogP contribution in [0.15, 0.2) is 24.3 Å². The van der Waals surface area contributed by atoms with Crippen molar-refractivity contribution in [1.82, 2.24) is 0 Å². The Morgan fingerprint density at radius 3 is 2.59 bits per heavy atom. The average Bonchev–Trinajstić information content (AvgIpc) is 2.17. The molecule has 0 aliphatic carbocycles. The number of hydrogen-bond donors (Lipinski definition) is 1. The Hall–Kier alpha value is -1.98. The Morgan fingerprint density at radius 1 is 1.41 bits per heavy atom. The molecule has 92 valence electrons. The van der Waals surface area contributed by atoms with Crippen LogP contribution in [0.25, 0.3) is 6.08 Å². The zero-order valence-corrected chi connectivity index (χ0v) is 8.78. The Kier molecular flexibility index (Phi) is 3.77. The summed E-state index contributed by atoms with van der Waals surface area (Å²) in [6.07, 6.45) is -3.01. The van der Waals surface area contributed by atoms with Crippen molar-refractivity contribution in [2.24, 2.45) is 0 Å². The van der Waals surface area contributed by atoms with Crippen molar-refractivity contribution in [3.63, 3.8) is 0 Å². The van der Waals surface area contributed by atoms with Gasteiger partial charge >= 0.3 is 12.3 Å². The number of halogens is 3. The molecule has 0 bridgehead atoms. The number of aliphatic carboxylic acids is 1. The van der Waals surface area contributed by atoms with Crippen molar-refractivity contribution >= 4 is 12.0 Å². The Balaban J connectivity index is 3.13. The van der Waals surface area contributed by atoms with Crippen molar-refractivity contribution in [1.29, 1.82) is 0 Å². The third kappa shape index (κ3) is 4.18. The molecule has 0 saturated carbocycles. The van der Waals surface area contributed by atoms with Gasteiger partial charge in [0.05, 0.1) is 0 Å². The molecule has 0 amide bonds. The van der Waals surface area contributed by atoms with E-state index in [2.05, 4.69) is 4.74 Å². The van der Waals surface area contributed by atoms with Crippen LogP contribution in [-0.2, 0) is 4.79 Å². The predicted octanol–water partition coefficient (Wildman–Crippen LogP) is 2.99. The number of benzene rings is 1. The van der Waals surface area contributed by atoms with Crippen LogP contribution in [0.5, 0.6) is 5.75 Å². The monoisotopic (exact) mass is 246 g/mol. The molecule has 0 spiro atoms. The molecule has 0 unspecified atom stereocenters. The van der Waals surface area contributed by atoms with Crippen LogP contribution in [-0.4, -0.2) is 17.4 Å². The molecule has 0 aromatic heterocycles. The predicted molar refractivity (Wildman–Crippen MR) is 54.5 cm³/mol. The topological polar surface area (TPSA) is 46.5 Å². The number of carbonyl (C=O) groups is 1. The highest BCUT2D eigenvalue weighted by molar-refractivity contribution is 5.86. The van der Waals surface area contributed by atoms with Crippen LogP contribution in [0.2, 0.25) is 0 Å². The van der Waals surface area contributed by atoms with Gasteiger partial charge in [-0.05, 0) is 18.6 Å². The van der Waals surface area contributed by atoms with E-state index in [1.54, 1.807) is 0 Å². The van der Waals surface area contributed by atoms with E-state index in [4.69, 9.17) is 5.11 Å². The minimum absolute atomic E-state index is 0.0599. The van der Waals surface area contributed by atoms with Crippen LogP contribution in [0.3, 0.4) is 0 Å². The molecule has 0 aliphatic rings. The van der Waals surface area contributed by atoms with Crippen LogP contribution < -0.4 is 4.74 Å². The van der Waals surface area contributed by atoms with E-state index in [9.17, 15) is 18.0 Å². The van der Waals surface area contributed by atoms with Crippen molar-refractivity contribution in [2.75, 3.05) is 0 Å². The summed E-state index contributed by atoms with van der Waals surface area (Å²) in [4.78, 5) is 10.3. The molecular formula is C11H9F3O3. The van der Waals surface area contributed by atoms with Crippen LogP contribution >= 0.6 is 0 Å². The number of rotatable bonds is 3. The second-order valence-corrected chi connectivity index (χ2v) is 3.21. The number of ether oxygens (including phenoxy) is 1. The molecule has 0 saturated heterocycles. The first kappa shape index (κ1) is 13.1. The van der Waals surface area contributed by atoms with Gasteiger partial charge in [-0.25, -0.2) is 4.79 Å². The van der Waals surface area contributed by atoms with E-state index < -0.39 is 18.1 Å². The molecule has 0 heterocycles. The van der Waals surface area contributed by atoms with Gasteiger partial charge in [0.25, 0.3) is 0 Å². The minimum atomic E-state index is -4.81. The van der Waals surface area contributed by atoms with Crippen molar-refractivity contribution in [3.05, 3.63) is 35.4 Å². The van der Waals surface area contributed by atoms with E-state index in [0.29, 0.717) is 0 Å². The molecule has 0 radical (unpaired) electrons. The molecule has 1 aromatic carbocycles. The van der Waals surface area contributed by atoms with E-state index in [-0.39, 0.29) is 11.1 Å². The first-order valence-corrected chi connectivity index (χ1v) is 4.56. The molecule has 3 nitrogen and oxygen atoms in total. The fourth-order valence-electron chi connectivity index (χ4n) is 1.22. The maximum absolute atomic E-state index is 12.1. The quantitative estimate of drug-likeness (QED) is 0.834. The summed E-state index contributed by atoms with van der Waals surface area (Å²) in [6.45, 7) is 1.44. The number of para-hydroxylation sites is 1. The second-order valence-electron chi connectivity index (χ2n) is 3.21. The largest absolute Gasteiger partial charge is 0.573 e. The maximum Gasteiger partial charge on any atom is 0.573 e. The lowest BCUT2D eigenvalue weighted by Gasteiger charge is -2.13. The zero-order chi connectivity index (χ0) is 13.1. The lowest BCUT2D eigenvalue weighted by Crippen LogP contribution is -2.18. The molecule has 17 heavy (non-hydrogen) atoms. The fourth-order valence-corrected chi connectivity index (χ4v) is 1.22. The van der Waals surface area contributed by atoms with Crippen molar-refractivity contribution in [2.45, 2.75) is 13.3 Å². The number of aryl methyl sites for hydroxylation is 1. The highest BCUT2D eigenvalue weighted by Crippen LogP contribution is 2.30. The van der Waals surface area contributed by atoms with Crippen LogP contribution in [0, 0.1) is 6.92 Å². The summed E-state index contributed by atoms with van der Waals surface area (Å²) in [5.41, 5.74) is 0.333. The summed E-state index contributed by atoms with van der Waals surface area (Å²) in [5.74, 6) is -1.64. The molecule has 1 rings (SSSR count). The second kappa shape index (κ2) is 4.90. The van der Waals surface area contributed by atoms with E-state index in [1.165, 1.54) is 25.1 Å².